The number of carbonyl (C=O) groups is 2. The number of para-hydroxylation sites is 1. The van der Waals surface area contributed by atoms with Crippen molar-refractivity contribution in [3.63, 3.8) is 0 Å². The zero-order valence-corrected chi connectivity index (χ0v) is 17.7. The molecule has 2 heterocycles. The lowest BCUT2D eigenvalue weighted by Gasteiger charge is -2.19. The Labute approximate surface area is 173 Å². The maximum absolute atomic E-state index is 13.0. The van der Waals surface area contributed by atoms with Gasteiger partial charge in [0.1, 0.15) is 0 Å². The summed E-state index contributed by atoms with van der Waals surface area (Å²) >= 11 is 1.20. The number of amides is 3. The minimum absolute atomic E-state index is 0.125. The van der Waals surface area contributed by atoms with E-state index >= 15 is 0 Å². The van der Waals surface area contributed by atoms with Gasteiger partial charge < -0.3 is 10.1 Å². The molecule has 1 aliphatic rings. The van der Waals surface area contributed by atoms with E-state index in [1.807, 2.05) is 26.0 Å². The molecule has 0 aliphatic carbocycles. The first-order valence-electron chi connectivity index (χ1n) is 9.75. The molecule has 0 unspecified atom stereocenters. The molecule has 1 aromatic carbocycles. The van der Waals surface area contributed by atoms with Crippen LogP contribution in [0.15, 0.2) is 34.2 Å². The number of thioether (sulfide) groups is 1. The summed E-state index contributed by atoms with van der Waals surface area (Å²) in [5, 5.41) is 3.09. The molecule has 0 spiro atoms. The first kappa shape index (κ1) is 21.3. The molecule has 1 N–H and O–H groups in total. The Hall–Kier alpha value is -2.39. The van der Waals surface area contributed by atoms with Crippen LogP contribution in [0.2, 0.25) is 0 Å². The fourth-order valence-corrected chi connectivity index (χ4v) is 4.08. The molecule has 1 fully saturated rings. The second kappa shape index (κ2) is 9.41. The van der Waals surface area contributed by atoms with E-state index in [0.717, 1.165) is 0 Å². The molecule has 2 aromatic rings. The maximum atomic E-state index is 13.0. The number of nitrogens with one attached hydrogen (secondary N) is 1. The molecule has 29 heavy (non-hydrogen) atoms. The number of urea groups is 1. The van der Waals surface area contributed by atoms with Crippen LogP contribution in [0.4, 0.5) is 4.79 Å². The summed E-state index contributed by atoms with van der Waals surface area (Å²) in [6.07, 6.45) is 0.780. The summed E-state index contributed by atoms with van der Waals surface area (Å²) in [5.41, 5.74) is 0.453. The van der Waals surface area contributed by atoms with Crippen molar-refractivity contribution in [1.29, 1.82) is 0 Å². The van der Waals surface area contributed by atoms with E-state index in [2.05, 4.69) is 10.3 Å². The van der Waals surface area contributed by atoms with Crippen LogP contribution in [0.25, 0.3) is 10.9 Å². The highest BCUT2D eigenvalue weighted by atomic mass is 32.2. The minimum atomic E-state index is -0.551. The van der Waals surface area contributed by atoms with Gasteiger partial charge in [-0.05, 0) is 39.3 Å². The average molecular weight is 419 g/mol. The number of hydrogen-bond donors (Lipinski definition) is 1. The fourth-order valence-electron chi connectivity index (χ4n) is 3.09. The SMILES string of the molecule is CC(C)OCCCn1c(S[C@@H](C)C(=O)N2CCNC2=O)nc2ccccc2c1=O. The summed E-state index contributed by atoms with van der Waals surface area (Å²) in [6, 6.07) is 6.80. The Morgan fingerprint density at radius 2 is 2.03 bits per heavy atom. The van der Waals surface area contributed by atoms with Crippen molar-refractivity contribution in [3.8, 4) is 0 Å². The number of hydrogen-bond acceptors (Lipinski definition) is 6. The molecule has 0 bridgehead atoms. The summed E-state index contributed by atoms with van der Waals surface area (Å²) in [4.78, 5) is 43.3. The molecular weight excluding hydrogens is 392 g/mol. The Morgan fingerprint density at radius 3 is 2.72 bits per heavy atom. The van der Waals surface area contributed by atoms with Gasteiger partial charge in [0, 0.05) is 26.2 Å². The molecular formula is C20H26N4O4S. The van der Waals surface area contributed by atoms with Crippen LogP contribution in [0.5, 0.6) is 0 Å². The first-order chi connectivity index (χ1) is 13.9. The number of carbonyl (C=O) groups excluding carboxylic acids is 2. The molecule has 1 saturated heterocycles. The standard InChI is InChI=1S/C20H26N4O4S/c1-13(2)28-12-6-10-24-18(26)15-7-4-5-8-16(15)22-20(24)29-14(3)17(25)23-11-9-21-19(23)27/h4-5,7-8,13-14H,6,9-12H2,1-3H3,(H,21,27)/t14-/m0/s1. The Balaban J connectivity index is 1.86. The van der Waals surface area contributed by atoms with Gasteiger partial charge in [0.05, 0.1) is 22.3 Å². The molecule has 156 valence electrons. The normalized spacial score (nSPS) is 15.2. The second-order valence-electron chi connectivity index (χ2n) is 7.12. The van der Waals surface area contributed by atoms with Crippen LogP contribution in [-0.4, -0.2) is 57.4 Å². The largest absolute Gasteiger partial charge is 0.379 e. The highest BCUT2D eigenvalue weighted by Gasteiger charge is 2.31. The zero-order chi connectivity index (χ0) is 21.0. The van der Waals surface area contributed by atoms with Crippen LogP contribution >= 0.6 is 11.8 Å². The smallest absolute Gasteiger partial charge is 0.324 e. The highest BCUT2D eigenvalue weighted by molar-refractivity contribution is 8.00. The molecule has 3 rings (SSSR count). The third-order valence-corrected chi connectivity index (χ3v) is 5.63. The van der Waals surface area contributed by atoms with E-state index in [1.165, 1.54) is 16.7 Å². The fraction of sp³-hybridized carbons (Fsp3) is 0.500. The number of nitrogens with zero attached hydrogens (tertiary/aromatic N) is 3. The lowest BCUT2D eigenvalue weighted by atomic mass is 10.2. The van der Waals surface area contributed by atoms with Gasteiger partial charge in [-0.3, -0.25) is 19.1 Å². The molecule has 1 atom stereocenters. The van der Waals surface area contributed by atoms with Gasteiger partial charge in [-0.2, -0.15) is 0 Å². The number of ether oxygens (including phenoxy) is 1. The number of fused-ring (bicyclic) bond motifs is 1. The molecule has 0 radical (unpaired) electrons. The van der Waals surface area contributed by atoms with E-state index < -0.39 is 5.25 Å². The van der Waals surface area contributed by atoms with Crippen molar-refractivity contribution in [1.82, 2.24) is 19.8 Å². The van der Waals surface area contributed by atoms with E-state index in [-0.39, 0.29) is 23.6 Å². The third kappa shape index (κ3) is 4.97. The van der Waals surface area contributed by atoms with E-state index in [4.69, 9.17) is 4.74 Å². The monoisotopic (exact) mass is 418 g/mol. The lowest BCUT2D eigenvalue weighted by Crippen LogP contribution is -2.39. The van der Waals surface area contributed by atoms with Gasteiger partial charge in [0.2, 0.25) is 5.91 Å². The second-order valence-corrected chi connectivity index (χ2v) is 8.43. The summed E-state index contributed by atoms with van der Waals surface area (Å²) in [6.45, 7) is 7.44. The van der Waals surface area contributed by atoms with Gasteiger partial charge in [0.25, 0.3) is 5.56 Å². The molecule has 1 aliphatic heterocycles. The predicted molar refractivity (Wildman–Crippen MR) is 112 cm³/mol. The lowest BCUT2D eigenvalue weighted by molar-refractivity contribution is -0.126. The molecule has 3 amide bonds. The zero-order valence-electron chi connectivity index (χ0n) is 16.9. The van der Waals surface area contributed by atoms with Crippen molar-refractivity contribution in [2.75, 3.05) is 19.7 Å². The summed E-state index contributed by atoms with van der Waals surface area (Å²) in [5.74, 6) is -0.290. The van der Waals surface area contributed by atoms with Crippen LogP contribution in [0, 0.1) is 0 Å². The van der Waals surface area contributed by atoms with Crippen molar-refractivity contribution in [3.05, 3.63) is 34.6 Å². The van der Waals surface area contributed by atoms with Gasteiger partial charge >= 0.3 is 6.03 Å². The van der Waals surface area contributed by atoms with Crippen LogP contribution < -0.4 is 10.9 Å². The quantitative estimate of drug-likeness (QED) is 0.401. The van der Waals surface area contributed by atoms with Crippen LogP contribution in [0.3, 0.4) is 0 Å². The highest BCUT2D eigenvalue weighted by Crippen LogP contribution is 2.24. The topological polar surface area (TPSA) is 93.5 Å². The molecule has 9 heteroatoms. The van der Waals surface area contributed by atoms with Gasteiger partial charge in [-0.15, -0.1) is 0 Å². The number of aromatic nitrogens is 2. The van der Waals surface area contributed by atoms with Gasteiger partial charge in [0.15, 0.2) is 5.16 Å². The third-order valence-electron chi connectivity index (χ3n) is 4.56. The van der Waals surface area contributed by atoms with Crippen molar-refractivity contribution >= 4 is 34.6 Å². The van der Waals surface area contributed by atoms with Crippen molar-refractivity contribution in [2.45, 2.75) is 50.2 Å². The summed E-state index contributed by atoms with van der Waals surface area (Å²) in [7, 11) is 0. The molecule has 8 nitrogen and oxygen atoms in total. The maximum Gasteiger partial charge on any atom is 0.324 e. The molecule has 1 aromatic heterocycles. The van der Waals surface area contributed by atoms with E-state index in [1.54, 1.807) is 23.6 Å². The molecule has 0 saturated carbocycles. The van der Waals surface area contributed by atoms with Crippen molar-refractivity contribution < 1.29 is 14.3 Å². The number of benzene rings is 1. The van der Waals surface area contributed by atoms with Crippen molar-refractivity contribution in [2.24, 2.45) is 0 Å². The van der Waals surface area contributed by atoms with Gasteiger partial charge in [-0.25, -0.2) is 9.78 Å². The van der Waals surface area contributed by atoms with E-state index in [0.29, 0.717) is 48.7 Å². The van der Waals surface area contributed by atoms with E-state index in [9.17, 15) is 14.4 Å². The van der Waals surface area contributed by atoms with Crippen LogP contribution in [-0.2, 0) is 16.1 Å². The average Bonchev–Trinajstić information content (AvgIpc) is 3.12. The van der Waals surface area contributed by atoms with Crippen LogP contribution in [0.1, 0.15) is 27.2 Å². The Morgan fingerprint density at radius 1 is 1.28 bits per heavy atom. The first-order valence-corrected chi connectivity index (χ1v) is 10.6. The predicted octanol–water partition coefficient (Wildman–Crippen LogP) is 2.24. The minimum Gasteiger partial charge on any atom is -0.379 e. The Kier molecular flexibility index (Phi) is 6.92. The number of rotatable bonds is 8. The summed E-state index contributed by atoms with van der Waals surface area (Å²) < 4.78 is 7.18. The number of imide groups is 1. The Bertz CT molecular complexity index is 959. The van der Waals surface area contributed by atoms with Gasteiger partial charge in [-0.1, -0.05) is 23.9 Å².